The molecule has 1 unspecified atom stereocenters. The third-order valence-corrected chi connectivity index (χ3v) is 3.88. The SMILES string of the molecule is Cc1cccc(C(=O)Nc2ccnn2C(C)C2CC2)c1. The number of aromatic nitrogens is 2. The largest absolute Gasteiger partial charge is 0.307 e. The highest BCUT2D eigenvalue weighted by Gasteiger charge is 2.30. The van der Waals surface area contributed by atoms with Crippen LogP contribution in [0.1, 0.15) is 41.7 Å². The van der Waals surface area contributed by atoms with E-state index >= 15 is 0 Å². The Kier molecular flexibility index (Phi) is 3.30. The molecule has 1 aliphatic rings. The summed E-state index contributed by atoms with van der Waals surface area (Å²) in [6, 6.07) is 9.79. The van der Waals surface area contributed by atoms with Crippen LogP contribution in [0.15, 0.2) is 36.5 Å². The highest BCUT2D eigenvalue weighted by molar-refractivity contribution is 6.03. The number of benzene rings is 1. The lowest BCUT2D eigenvalue weighted by atomic mass is 10.1. The van der Waals surface area contributed by atoms with Gasteiger partial charge in [0, 0.05) is 11.6 Å². The normalized spacial score (nSPS) is 15.9. The maximum absolute atomic E-state index is 12.3. The van der Waals surface area contributed by atoms with Gasteiger partial charge in [-0.3, -0.25) is 4.79 Å². The molecule has 0 radical (unpaired) electrons. The van der Waals surface area contributed by atoms with Gasteiger partial charge in [0.05, 0.1) is 12.2 Å². The van der Waals surface area contributed by atoms with Gasteiger partial charge in [0.15, 0.2) is 0 Å². The monoisotopic (exact) mass is 269 g/mol. The quantitative estimate of drug-likeness (QED) is 0.924. The van der Waals surface area contributed by atoms with Gasteiger partial charge in [0.25, 0.3) is 5.91 Å². The van der Waals surface area contributed by atoms with E-state index in [1.165, 1.54) is 12.8 Å². The molecule has 1 atom stereocenters. The van der Waals surface area contributed by atoms with Gasteiger partial charge in [-0.2, -0.15) is 5.10 Å². The highest BCUT2D eigenvalue weighted by Crippen LogP contribution is 2.40. The van der Waals surface area contributed by atoms with Gasteiger partial charge in [-0.1, -0.05) is 17.7 Å². The number of anilines is 1. The highest BCUT2D eigenvalue weighted by atomic mass is 16.1. The van der Waals surface area contributed by atoms with E-state index in [1.807, 2.05) is 41.9 Å². The molecule has 1 aliphatic carbocycles. The third-order valence-electron chi connectivity index (χ3n) is 3.88. The van der Waals surface area contributed by atoms with Crippen LogP contribution in [0, 0.1) is 12.8 Å². The minimum Gasteiger partial charge on any atom is -0.307 e. The molecular formula is C16H19N3O. The molecule has 1 aromatic heterocycles. The van der Waals surface area contributed by atoms with Gasteiger partial charge >= 0.3 is 0 Å². The van der Waals surface area contributed by atoms with Crippen molar-refractivity contribution in [3.8, 4) is 0 Å². The van der Waals surface area contributed by atoms with E-state index in [2.05, 4.69) is 17.3 Å². The van der Waals surface area contributed by atoms with Gasteiger partial charge in [0.2, 0.25) is 0 Å². The van der Waals surface area contributed by atoms with Crippen molar-refractivity contribution < 1.29 is 4.79 Å². The van der Waals surface area contributed by atoms with Crippen LogP contribution in [0.25, 0.3) is 0 Å². The number of nitrogens with one attached hydrogen (secondary N) is 1. The van der Waals surface area contributed by atoms with Crippen LogP contribution in [0.3, 0.4) is 0 Å². The van der Waals surface area contributed by atoms with Crippen molar-refractivity contribution >= 4 is 11.7 Å². The molecule has 4 nitrogen and oxygen atoms in total. The second-order valence-corrected chi connectivity index (χ2v) is 5.56. The fraction of sp³-hybridized carbons (Fsp3) is 0.375. The molecule has 1 amide bonds. The molecule has 0 saturated heterocycles. The summed E-state index contributed by atoms with van der Waals surface area (Å²) in [7, 11) is 0. The number of hydrogen-bond donors (Lipinski definition) is 1. The van der Waals surface area contributed by atoms with Crippen molar-refractivity contribution in [2.75, 3.05) is 5.32 Å². The molecule has 4 heteroatoms. The summed E-state index contributed by atoms with van der Waals surface area (Å²) in [5, 5.41) is 7.30. The van der Waals surface area contributed by atoms with Crippen LogP contribution in [0.5, 0.6) is 0 Å². The average Bonchev–Trinajstić information content (AvgIpc) is 3.18. The number of amides is 1. The molecule has 0 spiro atoms. The number of carbonyl (C=O) groups excluding carboxylic acids is 1. The third kappa shape index (κ3) is 2.59. The summed E-state index contributed by atoms with van der Waals surface area (Å²) in [4.78, 5) is 12.3. The van der Waals surface area contributed by atoms with Gasteiger partial charge in [-0.25, -0.2) is 4.68 Å². The topological polar surface area (TPSA) is 46.9 Å². The lowest BCUT2D eigenvalue weighted by Gasteiger charge is -2.15. The van der Waals surface area contributed by atoms with Crippen molar-refractivity contribution in [2.24, 2.45) is 5.92 Å². The lowest BCUT2D eigenvalue weighted by Crippen LogP contribution is -2.18. The van der Waals surface area contributed by atoms with Crippen LogP contribution in [-0.2, 0) is 0 Å². The van der Waals surface area contributed by atoms with Crippen molar-refractivity contribution in [3.05, 3.63) is 47.7 Å². The second-order valence-electron chi connectivity index (χ2n) is 5.56. The summed E-state index contributed by atoms with van der Waals surface area (Å²) in [5.74, 6) is 1.39. The Morgan fingerprint density at radius 2 is 2.20 bits per heavy atom. The Labute approximate surface area is 118 Å². The molecule has 20 heavy (non-hydrogen) atoms. The molecule has 1 fully saturated rings. The lowest BCUT2D eigenvalue weighted by molar-refractivity contribution is 0.102. The maximum Gasteiger partial charge on any atom is 0.256 e. The van der Waals surface area contributed by atoms with Crippen molar-refractivity contribution in [1.82, 2.24) is 9.78 Å². The number of aryl methyl sites for hydroxylation is 1. The average molecular weight is 269 g/mol. The van der Waals surface area contributed by atoms with Crippen molar-refractivity contribution in [1.29, 1.82) is 0 Å². The molecule has 0 aliphatic heterocycles. The Hall–Kier alpha value is -2.10. The van der Waals surface area contributed by atoms with Crippen LogP contribution in [0.2, 0.25) is 0 Å². The summed E-state index contributed by atoms with van der Waals surface area (Å²) in [5.41, 5.74) is 1.76. The molecule has 1 saturated carbocycles. The fourth-order valence-corrected chi connectivity index (χ4v) is 2.49. The number of nitrogens with zero attached hydrogens (tertiary/aromatic N) is 2. The Bertz CT molecular complexity index is 628. The first-order valence-corrected chi connectivity index (χ1v) is 7.06. The number of rotatable bonds is 4. The zero-order valence-electron chi connectivity index (χ0n) is 11.8. The van der Waals surface area contributed by atoms with Gasteiger partial charge in [-0.15, -0.1) is 0 Å². The number of hydrogen-bond acceptors (Lipinski definition) is 2. The zero-order valence-corrected chi connectivity index (χ0v) is 11.8. The van der Waals surface area contributed by atoms with Crippen molar-refractivity contribution in [3.63, 3.8) is 0 Å². The van der Waals surface area contributed by atoms with E-state index in [0.717, 1.165) is 11.4 Å². The van der Waals surface area contributed by atoms with Crippen LogP contribution in [-0.4, -0.2) is 15.7 Å². The molecule has 1 heterocycles. The predicted molar refractivity (Wildman–Crippen MR) is 78.8 cm³/mol. The van der Waals surface area contributed by atoms with Crippen LogP contribution < -0.4 is 5.32 Å². The minimum absolute atomic E-state index is 0.0848. The van der Waals surface area contributed by atoms with E-state index in [0.29, 0.717) is 17.5 Å². The fourth-order valence-electron chi connectivity index (χ4n) is 2.49. The van der Waals surface area contributed by atoms with Crippen molar-refractivity contribution in [2.45, 2.75) is 32.7 Å². The molecule has 0 bridgehead atoms. The summed E-state index contributed by atoms with van der Waals surface area (Å²) >= 11 is 0. The maximum atomic E-state index is 12.3. The molecule has 104 valence electrons. The van der Waals surface area contributed by atoms with Crippen LogP contribution >= 0.6 is 0 Å². The van der Waals surface area contributed by atoms with E-state index < -0.39 is 0 Å². The molecule has 2 aromatic rings. The Morgan fingerprint density at radius 1 is 1.40 bits per heavy atom. The standard InChI is InChI=1S/C16H19N3O/c1-11-4-3-5-14(10-11)16(20)18-15-8-9-17-19(15)12(2)13-6-7-13/h3-5,8-10,12-13H,6-7H2,1-2H3,(H,18,20). The first-order chi connectivity index (χ1) is 9.65. The zero-order chi connectivity index (χ0) is 14.1. The molecule has 3 rings (SSSR count). The first kappa shape index (κ1) is 12.9. The molecule has 1 N–H and O–H groups in total. The minimum atomic E-state index is -0.0848. The second kappa shape index (κ2) is 5.12. The van der Waals surface area contributed by atoms with Gasteiger partial charge in [-0.05, 0) is 44.7 Å². The first-order valence-electron chi connectivity index (χ1n) is 7.06. The molecule has 1 aromatic carbocycles. The van der Waals surface area contributed by atoms with Gasteiger partial charge in [0.1, 0.15) is 5.82 Å². The summed E-state index contributed by atoms with van der Waals surface area (Å²) in [6.45, 7) is 4.14. The Morgan fingerprint density at radius 3 is 2.90 bits per heavy atom. The van der Waals surface area contributed by atoms with E-state index in [4.69, 9.17) is 0 Å². The van der Waals surface area contributed by atoms with E-state index in [9.17, 15) is 4.79 Å². The van der Waals surface area contributed by atoms with E-state index in [-0.39, 0.29) is 5.91 Å². The Balaban J connectivity index is 1.78. The van der Waals surface area contributed by atoms with Crippen LogP contribution in [0.4, 0.5) is 5.82 Å². The molecular weight excluding hydrogens is 250 g/mol. The predicted octanol–water partition coefficient (Wildman–Crippen LogP) is 3.41. The summed E-state index contributed by atoms with van der Waals surface area (Å²) in [6.07, 6.45) is 4.25. The summed E-state index contributed by atoms with van der Waals surface area (Å²) < 4.78 is 1.92. The smallest absolute Gasteiger partial charge is 0.256 e. The van der Waals surface area contributed by atoms with E-state index in [1.54, 1.807) is 6.20 Å². The number of carbonyl (C=O) groups is 1. The van der Waals surface area contributed by atoms with Gasteiger partial charge < -0.3 is 5.32 Å².